The minimum atomic E-state index is -1.37. The summed E-state index contributed by atoms with van der Waals surface area (Å²) in [6.45, 7) is 0. The van der Waals surface area contributed by atoms with Crippen molar-refractivity contribution in [1.29, 1.82) is 0 Å². The summed E-state index contributed by atoms with van der Waals surface area (Å²) < 4.78 is 18.6. The summed E-state index contributed by atoms with van der Waals surface area (Å²) in [6.07, 6.45) is 0.131. The molecular formula is C22H22FN2O5+. The van der Waals surface area contributed by atoms with Gasteiger partial charge in [-0.05, 0) is 29.8 Å². The van der Waals surface area contributed by atoms with Crippen LogP contribution in [-0.4, -0.2) is 47.5 Å². The first-order valence-electron chi connectivity index (χ1n) is 9.57. The van der Waals surface area contributed by atoms with Crippen LogP contribution in [0.1, 0.15) is 17.2 Å². The lowest BCUT2D eigenvalue weighted by molar-refractivity contribution is -0.734. The summed E-state index contributed by atoms with van der Waals surface area (Å²) in [4.78, 5) is 40.2. The van der Waals surface area contributed by atoms with Gasteiger partial charge in [0.1, 0.15) is 29.4 Å². The van der Waals surface area contributed by atoms with Gasteiger partial charge < -0.3 is 15.2 Å². The van der Waals surface area contributed by atoms with Crippen molar-refractivity contribution in [3.8, 4) is 5.75 Å². The van der Waals surface area contributed by atoms with Crippen molar-refractivity contribution in [2.45, 2.75) is 18.0 Å². The minimum absolute atomic E-state index is 0.0789. The second-order valence-corrected chi connectivity index (χ2v) is 7.86. The number of amides is 2. The molecular weight excluding hydrogens is 391 g/mol. The van der Waals surface area contributed by atoms with E-state index in [0.717, 1.165) is 4.90 Å². The van der Waals surface area contributed by atoms with Crippen LogP contribution in [0.5, 0.6) is 5.75 Å². The van der Waals surface area contributed by atoms with Gasteiger partial charge in [-0.3, -0.25) is 14.5 Å². The predicted octanol–water partition coefficient (Wildman–Crippen LogP) is 0.535. The number of phenolic OH excluding ortho intramolecular Hbond substituents is 1. The normalized spacial score (nSPS) is 28.0. The Kier molecular flexibility index (Phi) is 4.82. The van der Waals surface area contributed by atoms with Gasteiger partial charge in [0, 0.05) is 19.0 Å². The molecule has 156 valence electrons. The number of methoxy groups -OCH3 is 1. The number of hydrogen-bond donors (Lipinski definition) is 2. The molecule has 30 heavy (non-hydrogen) atoms. The summed E-state index contributed by atoms with van der Waals surface area (Å²) in [5, 5.41) is 11.3. The minimum Gasteiger partial charge on any atom is -0.508 e. The second-order valence-electron chi connectivity index (χ2n) is 7.86. The lowest BCUT2D eigenvalue weighted by atomic mass is 9.76. The average Bonchev–Trinajstić information content (AvgIpc) is 3.20. The van der Waals surface area contributed by atoms with E-state index >= 15 is 0 Å². The van der Waals surface area contributed by atoms with Crippen molar-refractivity contribution in [3.05, 3.63) is 65.5 Å². The lowest BCUT2D eigenvalue weighted by Crippen LogP contribution is -2.98. The molecule has 2 saturated heterocycles. The number of esters is 1. The molecule has 8 heteroatoms. The number of carbonyl (C=O) groups is 3. The van der Waals surface area contributed by atoms with Gasteiger partial charge in [-0.25, -0.2) is 9.18 Å². The number of quaternary nitrogens is 1. The molecule has 2 aromatic rings. The molecule has 2 heterocycles. The fourth-order valence-electron chi connectivity index (χ4n) is 4.83. The highest BCUT2D eigenvalue weighted by atomic mass is 19.1. The summed E-state index contributed by atoms with van der Waals surface area (Å²) in [5.74, 6) is -3.44. The molecule has 0 aromatic heterocycles. The molecule has 7 nitrogen and oxygen atoms in total. The fourth-order valence-corrected chi connectivity index (χ4v) is 4.83. The highest BCUT2D eigenvalue weighted by Crippen LogP contribution is 2.45. The summed E-state index contributed by atoms with van der Waals surface area (Å²) >= 11 is 0. The molecule has 2 aliphatic heterocycles. The molecule has 2 amide bonds. The van der Waals surface area contributed by atoms with Gasteiger partial charge in [0.15, 0.2) is 0 Å². The molecule has 3 N–H and O–H groups in total. The number of likely N-dealkylation sites (tertiary alicyclic amines) is 1. The molecule has 0 aliphatic carbocycles. The molecule has 0 spiro atoms. The molecule has 0 radical (unpaired) electrons. The summed E-state index contributed by atoms with van der Waals surface area (Å²) in [5.41, 5.74) is -0.00506. The van der Waals surface area contributed by atoms with Crippen LogP contribution in [0.3, 0.4) is 0 Å². The molecule has 2 aromatic carbocycles. The van der Waals surface area contributed by atoms with Crippen molar-refractivity contribution in [3.63, 3.8) is 0 Å². The standard InChI is InChI=1S/C22H21FN2O5/c1-25-19(27)16-17(20(25)28)22(21(29)30-2,11-12-3-9-15(26)10-4-12)24-18(16)13-5-7-14(23)8-6-13/h3-10,16-18,24,26H,11H2,1-2H3/p+1/t16-,17+,18-,22+/m0/s1. The van der Waals surface area contributed by atoms with E-state index in [1.807, 2.05) is 0 Å². The van der Waals surface area contributed by atoms with Crippen molar-refractivity contribution >= 4 is 17.8 Å². The highest BCUT2D eigenvalue weighted by molar-refractivity contribution is 6.08. The van der Waals surface area contributed by atoms with E-state index in [4.69, 9.17) is 4.74 Å². The molecule has 0 unspecified atom stereocenters. The van der Waals surface area contributed by atoms with Crippen molar-refractivity contribution in [2.24, 2.45) is 11.8 Å². The van der Waals surface area contributed by atoms with E-state index in [1.54, 1.807) is 29.6 Å². The maximum absolute atomic E-state index is 13.5. The number of imide groups is 1. The summed E-state index contributed by atoms with van der Waals surface area (Å²) in [7, 11) is 2.66. The molecule has 0 bridgehead atoms. The maximum atomic E-state index is 13.5. The van der Waals surface area contributed by atoms with Crippen molar-refractivity contribution < 1.29 is 33.9 Å². The van der Waals surface area contributed by atoms with E-state index in [-0.39, 0.29) is 18.1 Å². The van der Waals surface area contributed by atoms with E-state index in [0.29, 0.717) is 11.1 Å². The van der Waals surface area contributed by atoms with Gasteiger partial charge in [-0.1, -0.05) is 24.3 Å². The van der Waals surface area contributed by atoms with Gasteiger partial charge in [-0.2, -0.15) is 0 Å². The van der Waals surface area contributed by atoms with Gasteiger partial charge in [-0.15, -0.1) is 0 Å². The third kappa shape index (κ3) is 2.95. The van der Waals surface area contributed by atoms with Crippen LogP contribution < -0.4 is 5.32 Å². The predicted molar refractivity (Wildman–Crippen MR) is 102 cm³/mol. The first-order valence-corrected chi connectivity index (χ1v) is 9.57. The van der Waals surface area contributed by atoms with Crippen molar-refractivity contribution in [1.82, 2.24) is 4.90 Å². The molecule has 2 fully saturated rings. The number of ether oxygens (including phenoxy) is 1. The molecule has 0 saturated carbocycles. The SMILES string of the molecule is COC(=O)[C@]1(Cc2ccc(O)cc2)[NH2+][C@@H](c2ccc(F)cc2)[C@H]2C(=O)N(C)C(=O)[C@@H]21. The lowest BCUT2D eigenvalue weighted by Gasteiger charge is -2.29. The third-order valence-electron chi connectivity index (χ3n) is 6.24. The zero-order chi connectivity index (χ0) is 21.6. The Labute approximate surface area is 172 Å². The number of rotatable bonds is 4. The fraction of sp³-hybridized carbons (Fsp3) is 0.318. The van der Waals surface area contributed by atoms with Crippen molar-refractivity contribution in [2.75, 3.05) is 14.2 Å². The second kappa shape index (κ2) is 7.21. The Morgan fingerprint density at radius 1 is 1.13 bits per heavy atom. The van der Waals surface area contributed by atoms with Gasteiger partial charge in [0.25, 0.3) is 0 Å². The van der Waals surface area contributed by atoms with E-state index in [9.17, 15) is 23.9 Å². The zero-order valence-corrected chi connectivity index (χ0v) is 16.5. The summed E-state index contributed by atoms with van der Waals surface area (Å²) in [6, 6.07) is 11.5. The Morgan fingerprint density at radius 3 is 2.37 bits per heavy atom. The average molecular weight is 413 g/mol. The molecule has 4 rings (SSSR count). The Morgan fingerprint density at radius 2 is 1.77 bits per heavy atom. The Hall–Kier alpha value is -3.26. The number of fused-ring (bicyclic) bond motifs is 1. The first kappa shape index (κ1) is 20.0. The Bertz CT molecular complexity index is 1010. The maximum Gasteiger partial charge on any atom is 0.369 e. The highest BCUT2D eigenvalue weighted by Gasteiger charge is 2.71. The van der Waals surface area contributed by atoms with Crippen LogP contribution in [0.4, 0.5) is 4.39 Å². The quantitative estimate of drug-likeness (QED) is 0.563. The third-order valence-corrected chi connectivity index (χ3v) is 6.24. The molecule has 2 aliphatic rings. The van der Waals surface area contributed by atoms with Crippen LogP contribution in [-0.2, 0) is 25.5 Å². The van der Waals surface area contributed by atoms with Gasteiger partial charge >= 0.3 is 5.97 Å². The number of nitrogens with two attached hydrogens (primary N) is 1. The smallest absolute Gasteiger partial charge is 0.369 e. The van der Waals surface area contributed by atoms with E-state index in [2.05, 4.69) is 0 Å². The van der Waals surface area contributed by atoms with Crippen LogP contribution in [0.15, 0.2) is 48.5 Å². The number of carbonyl (C=O) groups excluding carboxylic acids is 3. The largest absolute Gasteiger partial charge is 0.508 e. The number of hydrogen-bond acceptors (Lipinski definition) is 5. The first-order chi connectivity index (χ1) is 14.3. The Balaban J connectivity index is 1.84. The monoisotopic (exact) mass is 413 g/mol. The zero-order valence-electron chi connectivity index (χ0n) is 16.5. The van der Waals surface area contributed by atoms with Crippen LogP contribution >= 0.6 is 0 Å². The number of phenols is 1. The number of aromatic hydroxyl groups is 1. The topological polar surface area (TPSA) is 101 Å². The number of halogens is 1. The molecule has 4 atom stereocenters. The van der Waals surface area contributed by atoms with Crippen LogP contribution in [0.25, 0.3) is 0 Å². The van der Waals surface area contributed by atoms with Gasteiger partial charge in [0.2, 0.25) is 17.4 Å². The number of nitrogens with zero attached hydrogens (tertiary/aromatic N) is 1. The van der Waals surface area contributed by atoms with Gasteiger partial charge in [0.05, 0.1) is 7.11 Å². The van der Waals surface area contributed by atoms with Crippen LogP contribution in [0, 0.1) is 17.7 Å². The van der Waals surface area contributed by atoms with E-state index < -0.39 is 41.1 Å². The van der Waals surface area contributed by atoms with Crippen LogP contribution in [0.2, 0.25) is 0 Å². The van der Waals surface area contributed by atoms with E-state index in [1.165, 1.54) is 38.4 Å². The number of benzene rings is 2.